The van der Waals surface area contributed by atoms with Gasteiger partial charge in [0.25, 0.3) is 0 Å². The maximum atomic E-state index is 11.5. The minimum atomic E-state index is -0.447. The second kappa shape index (κ2) is 5.03. The van der Waals surface area contributed by atoms with Gasteiger partial charge in [0.2, 0.25) is 0 Å². The lowest BCUT2D eigenvalue weighted by atomic mass is 10.3. The molecular weight excluding hydrogens is 265 g/mol. The number of benzene rings is 1. The quantitative estimate of drug-likeness (QED) is 0.786. The van der Waals surface area contributed by atoms with Crippen molar-refractivity contribution in [3.05, 3.63) is 34.4 Å². The molecule has 0 saturated carbocycles. The van der Waals surface area contributed by atoms with E-state index in [9.17, 15) is 4.79 Å². The number of amides is 2. The zero-order valence-electron chi connectivity index (χ0n) is 8.37. The van der Waals surface area contributed by atoms with Gasteiger partial charge in [-0.2, -0.15) is 10.3 Å². The monoisotopic (exact) mass is 271 g/mol. The van der Waals surface area contributed by atoms with E-state index in [1.165, 1.54) is 6.20 Å². The number of nitrogens with one attached hydrogen (secondary N) is 3. The summed E-state index contributed by atoms with van der Waals surface area (Å²) >= 11 is 11.6. The third kappa shape index (κ3) is 3.08. The van der Waals surface area contributed by atoms with Crippen molar-refractivity contribution in [1.82, 2.24) is 15.4 Å². The van der Waals surface area contributed by atoms with Crippen molar-refractivity contribution in [3.63, 3.8) is 0 Å². The Morgan fingerprint density at radius 3 is 2.71 bits per heavy atom. The Balaban J connectivity index is 2.00. The number of H-pyrrole nitrogens is 1. The van der Waals surface area contributed by atoms with Gasteiger partial charge in [0.15, 0.2) is 5.82 Å². The van der Waals surface area contributed by atoms with Gasteiger partial charge in [-0.1, -0.05) is 23.2 Å². The smallest absolute Gasteiger partial charge is 0.308 e. The van der Waals surface area contributed by atoms with E-state index in [1.807, 2.05) is 0 Å². The fraction of sp³-hybridized carbons (Fsp3) is 0. The fourth-order valence-corrected chi connectivity index (χ4v) is 1.41. The average Bonchev–Trinajstić information content (AvgIpc) is 2.76. The molecule has 0 fully saturated rings. The van der Waals surface area contributed by atoms with Crippen molar-refractivity contribution >= 4 is 40.7 Å². The van der Waals surface area contributed by atoms with Crippen LogP contribution in [-0.4, -0.2) is 21.4 Å². The number of carbonyl (C=O) groups excluding carboxylic acids is 1. The summed E-state index contributed by atoms with van der Waals surface area (Å²) in [6.45, 7) is 0. The molecule has 88 valence electrons. The van der Waals surface area contributed by atoms with Crippen LogP contribution in [0.15, 0.2) is 24.4 Å². The van der Waals surface area contributed by atoms with Crippen LogP contribution in [0.1, 0.15) is 0 Å². The van der Waals surface area contributed by atoms with Crippen LogP contribution in [-0.2, 0) is 0 Å². The van der Waals surface area contributed by atoms with Crippen LogP contribution < -0.4 is 10.6 Å². The number of rotatable bonds is 2. The molecule has 2 amide bonds. The van der Waals surface area contributed by atoms with Crippen LogP contribution in [0.2, 0.25) is 10.0 Å². The van der Waals surface area contributed by atoms with E-state index < -0.39 is 6.03 Å². The Bertz CT molecular complexity index is 528. The van der Waals surface area contributed by atoms with Gasteiger partial charge >= 0.3 is 6.03 Å². The van der Waals surface area contributed by atoms with Gasteiger partial charge in [-0.05, 0) is 18.2 Å². The predicted molar refractivity (Wildman–Crippen MR) is 65.5 cm³/mol. The lowest BCUT2D eigenvalue weighted by molar-refractivity contribution is 0.262. The summed E-state index contributed by atoms with van der Waals surface area (Å²) in [6.07, 6.45) is 1.38. The summed E-state index contributed by atoms with van der Waals surface area (Å²) in [7, 11) is 0. The molecule has 3 N–H and O–H groups in total. The number of carbonyl (C=O) groups is 1. The molecule has 0 aliphatic rings. The third-order valence-corrected chi connectivity index (χ3v) is 2.57. The molecule has 17 heavy (non-hydrogen) atoms. The Labute approximate surface area is 106 Å². The van der Waals surface area contributed by atoms with Gasteiger partial charge in [0.05, 0.1) is 16.2 Å². The van der Waals surface area contributed by atoms with Crippen molar-refractivity contribution < 1.29 is 4.79 Å². The van der Waals surface area contributed by atoms with Crippen LogP contribution in [0.3, 0.4) is 0 Å². The summed E-state index contributed by atoms with van der Waals surface area (Å²) in [6, 6.07) is 4.33. The molecule has 0 atom stereocenters. The van der Waals surface area contributed by atoms with Crippen LogP contribution in [0.5, 0.6) is 0 Å². The molecule has 0 saturated heterocycles. The molecule has 0 aliphatic carbocycles. The molecular formula is C9H7Cl2N5O. The Kier molecular flexibility index (Phi) is 3.46. The van der Waals surface area contributed by atoms with Gasteiger partial charge in [-0.3, -0.25) is 5.32 Å². The molecule has 2 aromatic rings. The van der Waals surface area contributed by atoms with Gasteiger partial charge in [-0.25, -0.2) is 4.79 Å². The first-order valence-corrected chi connectivity index (χ1v) is 5.29. The first kappa shape index (κ1) is 11.7. The van der Waals surface area contributed by atoms with Crippen LogP contribution >= 0.6 is 23.2 Å². The molecule has 1 heterocycles. The minimum absolute atomic E-state index is 0.322. The molecule has 8 heteroatoms. The number of hydrogen-bond donors (Lipinski definition) is 3. The van der Waals surface area contributed by atoms with Crippen LogP contribution in [0.25, 0.3) is 0 Å². The molecule has 2 rings (SSSR count). The van der Waals surface area contributed by atoms with Gasteiger partial charge in [-0.15, -0.1) is 5.10 Å². The van der Waals surface area contributed by atoms with E-state index in [1.54, 1.807) is 18.2 Å². The zero-order chi connectivity index (χ0) is 12.3. The molecule has 6 nitrogen and oxygen atoms in total. The van der Waals surface area contributed by atoms with Gasteiger partial charge in [0, 0.05) is 5.69 Å². The highest BCUT2D eigenvalue weighted by molar-refractivity contribution is 6.42. The van der Waals surface area contributed by atoms with Crippen molar-refractivity contribution in [2.24, 2.45) is 0 Å². The first-order valence-electron chi connectivity index (χ1n) is 4.54. The van der Waals surface area contributed by atoms with Crippen molar-refractivity contribution in [2.75, 3.05) is 10.6 Å². The Hall–Kier alpha value is -1.79. The summed E-state index contributed by atoms with van der Waals surface area (Å²) in [4.78, 5) is 11.5. The lowest BCUT2D eigenvalue weighted by Gasteiger charge is -2.06. The SMILES string of the molecule is O=C(Nc1ccc(Cl)c(Cl)c1)Nc1cn[nH]n1. The number of urea groups is 1. The van der Waals surface area contributed by atoms with Crippen molar-refractivity contribution in [1.29, 1.82) is 0 Å². The number of halogens is 2. The van der Waals surface area contributed by atoms with Gasteiger partial charge in [0.1, 0.15) is 0 Å². The minimum Gasteiger partial charge on any atom is -0.308 e. The van der Waals surface area contributed by atoms with E-state index in [0.29, 0.717) is 21.6 Å². The first-order chi connectivity index (χ1) is 8.15. The van der Waals surface area contributed by atoms with E-state index in [-0.39, 0.29) is 0 Å². The highest BCUT2D eigenvalue weighted by Crippen LogP contribution is 2.24. The Morgan fingerprint density at radius 2 is 2.06 bits per heavy atom. The zero-order valence-corrected chi connectivity index (χ0v) is 9.88. The van der Waals surface area contributed by atoms with Crippen molar-refractivity contribution in [2.45, 2.75) is 0 Å². The second-order valence-corrected chi connectivity index (χ2v) is 3.88. The van der Waals surface area contributed by atoms with Crippen molar-refractivity contribution in [3.8, 4) is 0 Å². The fourth-order valence-electron chi connectivity index (χ4n) is 1.11. The van der Waals surface area contributed by atoms with E-state index >= 15 is 0 Å². The number of hydrogen-bond acceptors (Lipinski definition) is 3. The predicted octanol–water partition coefficient (Wildman–Crippen LogP) is 2.76. The standard InChI is InChI=1S/C9H7Cl2N5O/c10-6-2-1-5(3-7(6)11)13-9(17)14-8-4-12-16-15-8/h1-4H,(H3,12,13,14,15,16,17). The van der Waals surface area contributed by atoms with Gasteiger partial charge < -0.3 is 5.32 Å². The molecule has 0 spiro atoms. The van der Waals surface area contributed by atoms with Crippen LogP contribution in [0.4, 0.5) is 16.3 Å². The molecule has 0 unspecified atom stereocenters. The number of aromatic amines is 1. The highest BCUT2D eigenvalue weighted by atomic mass is 35.5. The molecule has 0 bridgehead atoms. The van der Waals surface area contributed by atoms with E-state index in [4.69, 9.17) is 23.2 Å². The topological polar surface area (TPSA) is 82.7 Å². The summed E-state index contributed by atoms with van der Waals surface area (Å²) in [5, 5.41) is 15.4. The maximum Gasteiger partial charge on any atom is 0.324 e. The third-order valence-electron chi connectivity index (χ3n) is 1.83. The lowest BCUT2D eigenvalue weighted by Crippen LogP contribution is -2.19. The van der Waals surface area contributed by atoms with E-state index in [2.05, 4.69) is 26.0 Å². The summed E-state index contributed by atoms with van der Waals surface area (Å²) in [5.74, 6) is 0.322. The number of aromatic nitrogens is 3. The highest BCUT2D eigenvalue weighted by Gasteiger charge is 2.05. The maximum absolute atomic E-state index is 11.5. The summed E-state index contributed by atoms with van der Waals surface area (Å²) in [5.41, 5.74) is 0.528. The van der Waals surface area contributed by atoms with E-state index in [0.717, 1.165) is 0 Å². The largest absolute Gasteiger partial charge is 0.324 e. The second-order valence-electron chi connectivity index (χ2n) is 3.06. The number of nitrogens with zero attached hydrogens (tertiary/aromatic N) is 2. The molecule has 0 radical (unpaired) electrons. The Morgan fingerprint density at radius 1 is 1.24 bits per heavy atom. The normalized spacial score (nSPS) is 10.0. The summed E-state index contributed by atoms with van der Waals surface area (Å²) < 4.78 is 0. The average molecular weight is 272 g/mol. The molecule has 1 aromatic heterocycles. The number of anilines is 2. The molecule has 1 aromatic carbocycles. The molecule has 0 aliphatic heterocycles. The van der Waals surface area contributed by atoms with Crippen LogP contribution in [0, 0.1) is 0 Å².